The Morgan fingerprint density at radius 2 is 1.86 bits per heavy atom. The SMILES string of the molecule is Cc1ccc(-n2nnc(CN)c2-c2ccccc2C)cc1Cl. The monoisotopic (exact) mass is 312 g/mol. The Morgan fingerprint density at radius 1 is 1.09 bits per heavy atom. The van der Waals surface area contributed by atoms with E-state index in [-0.39, 0.29) is 0 Å². The second-order valence-corrected chi connectivity index (χ2v) is 5.66. The number of hydrogen-bond acceptors (Lipinski definition) is 3. The zero-order valence-corrected chi connectivity index (χ0v) is 13.3. The molecule has 0 saturated carbocycles. The molecule has 4 nitrogen and oxygen atoms in total. The fourth-order valence-electron chi connectivity index (χ4n) is 2.45. The summed E-state index contributed by atoms with van der Waals surface area (Å²) in [5.41, 5.74) is 11.7. The van der Waals surface area contributed by atoms with Crippen molar-refractivity contribution in [2.45, 2.75) is 20.4 Å². The van der Waals surface area contributed by atoms with E-state index in [0.29, 0.717) is 11.6 Å². The standard InChI is InChI=1S/C17H17ClN4/c1-11-5-3-4-6-14(11)17-16(10-19)20-21-22(17)13-8-7-12(2)15(18)9-13/h3-9H,10,19H2,1-2H3. The number of nitrogens with two attached hydrogens (primary N) is 1. The third-order valence-electron chi connectivity index (χ3n) is 3.73. The maximum absolute atomic E-state index is 6.25. The van der Waals surface area contributed by atoms with Crippen molar-refractivity contribution in [3.63, 3.8) is 0 Å². The van der Waals surface area contributed by atoms with E-state index in [0.717, 1.165) is 33.8 Å². The van der Waals surface area contributed by atoms with Crippen LogP contribution in [0.5, 0.6) is 0 Å². The molecule has 0 bridgehead atoms. The third kappa shape index (κ3) is 2.51. The van der Waals surface area contributed by atoms with Crippen LogP contribution in [0.2, 0.25) is 5.02 Å². The first-order valence-corrected chi connectivity index (χ1v) is 7.46. The summed E-state index contributed by atoms with van der Waals surface area (Å²) in [5, 5.41) is 9.21. The van der Waals surface area contributed by atoms with Gasteiger partial charge in [-0.1, -0.05) is 47.1 Å². The van der Waals surface area contributed by atoms with Crippen LogP contribution in [0.15, 0.2) is 42.5 Å². The van der Waals surface area contributed by atoms with Gasteiger partial charge in [0.25, 0.3) is 0 Å². The molecule has 0 radical (unpaired) electrons. The molecule has 0 aliphatic heterocycles. The van der Waals surface area contributed by atoms with Crippen LogP contribution in [-0.2, 0) is 6.54 Å². The van der Waals surface area contributed by atoms with Crippen LogP contribution in [0.4, 0.5) is 0 Å². The van der Waals surface area contributed by atoms with Crippen LogP contribution in [0.1, 0.15) is 16.8 Å². The van der Waals surface area contributed by atoms with Crippen molar-refractivity contribution in [2.24, 2.45) is 5.73 Å². The molecular formula is C17H17ClN4. The molecule has 2 N–H and O–H groups in total. The fraction of sp³-hybridized carbons (Fsp3) is 0.176. The topological polar surface area (TPSA) is 56.7 Å². The number of rotatable bonds is 3. The second-order valence-electron chi connectivity index (χ2n) is 5.25. The van der Waals surface area contributed by atoms with Crippen molar-refractivity contribution in [3.05, 3.63) is 64.3 Å². The first-order chi connectivity index (χ1) is 10.6. The highest BCUT2D eigenvalue weighted by molar-refractivity contribution is 6.31. The van der Waals surface area contributed by atoms with Crippen LogP contribution in [-0.4, -0.2) is 15.0 Å². The molecular weight excluding hydrogens is 296 g/mol. The molecule has 0 unspecified atom stereocenters. The molecule has 1 aromatic heterocycles. The summed E-state index contributed by atoms with van der Waals surface area (Å²) in [7, 11) is 0. The van der Waals surface area contributed by atoms with E-state index in [1.54, 1.807) is 4.68 Å². The van der Waals surface area contributed by atoms with E-state index in [1.165, 1.54) is 0 Å². The van der Waals surface area contributed by atoms with E-state index in [9.17, 15) is 0 Å². The average Bonchev–Trinajstić information content (AvgIpc) is 2.94. The molecule has 0 aliphatic carbocycles. The van der Waals surface area contributed by atoms with Gasteiger partial charge in [-0.05, 0) is 37.1 Å². The lowest BCUT2D eigenvalue weighted by atomic mass is 10.0. The molecule has 5 heteroatoms. The predicted molar refractivity (Wildman–Crippen MR) is 89.2 cm³/mol. The summed E-state index contributed by atoms with van der Waals surface area (Å²) in [4.78, 5) is 0. The number of aromatic nitrogens is 3. The lowest BCUT2D eigenvalue weighted by molar-refractivity contribution is 0.799. The summed E-state index contributed by atoms with van der Waals surface area (Å²) >= 11 is 6.25. The Hall–Kier alpha value is -2.17. The number of nitrogens with zero attached hydrogens (tertiary/aromatic N) is 3. The normalized spacial score (nSPS) is 10.9. The van der Waals surface area contributed by atoms with Gasteiger partial charge in [-0.25, -0.2) is 4.68 Å². The minimum atomic E-state index is 0.337. The number of benzene rings is 2. The van der Waals surface area contributed by atoms with Gasteiger partial charge < -0.3 is 5.73 Å². The lowest BCUT2D eigenvalue weighted by Gasteiger charge is -2.11. The summed E-state index contributed by atoms with van der Waals surface area (Å²) < 4.78 is 1.80. The van der Waals surface area contributed by atoms with Gasteiger partial charge in [0.1, 0.15) is 5.69 Å². The van der Waals surface area contributed by atoms with E-state index in [4.69, 9.17) is 17.3 Å². The van der Waals surface area contributed by atoms with Crippen LogP contribution < -0.4 is 5.73 Å². The third-order valence-corrected chi connectivity index (χ3v) is 4.14. The van der Waals surface area contributed by atoms with E-state index >= 15 is 0 Å². The van der Waals surface area contributed by atoms with Crippen LogP contribution in [0, 0.1) is 13.8 Å². The molecule has 3 rings (SSSR count). The van der Waals surface area contributed by atoms with E-state index < -0.39 is 0 Å². The van der Waals surface area contributed by atoms with Crippen molar-refractivity contribution >= 4 is 11.6 Å². The molecule has 0 fully saturated rings. The van der Waals surface area contributed by atoms with Gasteiger partial charge >= 0.3 is 0 Å². The number of hydrogen-bond donors (Lipinski definition) is 1. The Morgan fingerprint density at radius 3 is 2.55 bits per heavy atom. The largest absolute Gasteiger partial charge is 0.325 e. The fourth-order valence-corrected chi connectivity index (χ4v) is 2.63. The van der Waals surface area contributed by atoms with Gasteiger partial charge in [0.2, 0.25) is 0 Å². The molecule has 22 heavy (non-hydrogen) atoms. The minimum absolute atomic E-state index is 0.337. The van der Waals surface area contributed by atoms with Crippen molar-refractivity contribution in [1.82, 2.24) is 15.0 Å². The average molecular weight is 313 g/mol. The summed E-state index contributed by atoms with van der Waals surface area (Å²) in [6, 6.07) is 14.0. The van der Waals surface area contributed by atoms with Crippen LogP contribution in [0.3, 0.4) is 0 Å². The highest BCUT2D eigenvalue weighted by Crippen LogP contribution is 2.29. The molecule has 0 spiro atoms. The van der Waals surface area contributed by atoms with Gasteiger partial charge in [-0.2, -0.15) is 0 Å². The van der Waals surface area contributed by atoms with Crippen molar-refractivity contribution in [3.8, 4) is 16.9 Å². The summed E-state index contributed by atoms with van der Waals surface area (Å²) in [6.07, 6.45) is 0. The first kappa shape index (κ1) is 14.8. The van der Waals surface area contributed by atoms with Crippen LogP contribution >= 0.6 is 11.6 Å². The predicted octanol–water partition coefficient (Wildman–Crippen LogP) is 3.66. The van der Waals surface area contributed by atoms with Gasteiger partial charge in [-0.3, -0.25) is 0 Å². The Balaban J connectivity index is 2.24. The Bertz CT molecular complexity index is 823. The number of halogens is 1. The summed E-state index contributed by atoms with van der Waals surface area (Å²) in [5.74, 6) is 0. The smallest absolute Gasteiger partial charge is 0.105 e. The zero-order valence-electron chi connectivity index (χ0n) is 12.5. The first-order valence-electron chi connectivity index (χ1n) is 7.09. The van der Waals surface area contributed by atoms with E-state index in [1.807, 2.05) is 37.3 Å². The molecule has 2 aromatic carbocycles. The highest BCUT2D eigenvalue weighted by atomic mass is 35.5. The van der Waals surface area contributed by atoms with Gasteiger partial charge in [0.05, 0.1) is 11.4 Å². The van der Waals surface area contributed by atoms with Crippen LogP contribution in [0.25, 0.3) is 16.9 Å². The molecule has 1 heterocycles. The van der Waals surface area contributed by atoms with Crippen molar-refractivity contribution < 1.29 is 0 Å². The summed E-state index contributed by atoms with van der Waals surface area (Å²) in [6.45, 7) is 4.37. The molecule has 0 saturated heterocycles. The quantitative estimate of drug-likeness (QED) is 0.803. The van der Waals surface area contributed by atoms with Gasteiger partial charge in [-0.15, -0.1) is 5.10 Å². The van der Waals surface area contributed by atoms with Crippen molar-refractivity contribution in [2.75, 3.05) is 0 Å². The molecule has 3 aromatic rings. The highest BCUT2D eigenvalue weighted by Gasteiger charge is 2.17. The van der Waals surface area contributed by atoms with Gasteiger partial charge in [0, 0.05) is 17.1 Å². The maximum Gasteiger partial charge on any atom is 0.105 e. The zero-order chi connectivity index (χ0) is 15.7. The van der Waals surface area contributed by atoms with Gasteiger partial charge in [0.15, 0.2) is 0 Å². The lowest BCUT2D eigenvalue weighted by Crippen LogP contribution is -2.03. The van der Waals surface area contributed by atoms with Crippen molar-refractivity contribution in [1.29, 1.82) is 0 Å². The molecule has 0 atom stereocenters. The van der Waals surface area contributed by atoms with E-state index in [2.05, 4.69) is 29.4 Å². The molecule has 0 amide bonds. The maximum atomic E-state index is 6.25. The number of aryl methyl sites for hydroxylation is 2. The Kier molecular flexibility index (Phi) is 3.96. The Labute approximate surface area is 134 Å². The molecule has 112 valence electrons. The second kappa shape index (κ2) is 5.91. The molecule has 0 aliphatic rings. The minimum Gasteiger partial charge on any atom is -0.325 e.